The molecular weight excluding hydrogens is 306 g/mol. The summed E-state index contributed by atoms with van der Waals surface area (Å²) >= 11 is 0. The minimum atomic E-state index is -0.972. The maximum absolute atomic E-state index is 12.3. The zero-order valence-corrected chi connectivity index (χ0v) is 13.2. The molecule has 2 N–H and O–H groups in total. The van der Waals surface area contributed by atoms with E-state index in [0.717, 1.165) is 17.5 Å². The van der Waals surface area contributed by atoms with E-state index in [0.29, 0.717) is 26.1 Å². The number of fused-ring (bicyclic) bond motifs is 1. The van der Waals surface area contributed by atoms with Crippen molar-refractivity contribution in [2.24, 2.45) is 0 Å². The van der Waals surface area contributed by atoms with Gasteiger partial charge in [-0.3, -0.25) is 4.98 Å². The minimum absolute atomic E-state index is 0.127. The van der Waals surface area contributed by atoms with Gasteiger partial charge in [-0.05, 0) is 29.5 Å². The van der Waals surface area contributed by atoms with Crippen molar-refractivity contribution in [3.8, 4) is 0 Å². The Labute approximate surface area is 140 Å². The maximum atomic E-state index is 12.3. The molecule has 1 aliphatic rings. The normalized spacial score (nSPS) is 13.2. The van der Waals surface area contributed by atoms with Crippen LogP contribution in [0.5, 0.6) is 0 Å². The van der Waals surface area contributed by atoms with E-state index in [1.807, 2.05) is 30.3 Å². The van der Waals surface area contributed by atoms with Gasteiger partial charge in [-0.1, -0.05) is 30.3 Å². The molecule has 0 radical (unpaired) electrons. The van der Waals surface area contributed by atoms with Crippen LogP contribution in [0.3, 0.4) is 0 Å². The summed E-state index contributed by atoms with van der Waals surface area (Å²) in [5.41, 5.74) is 3.00. The summed E-state index contributed by atoms with van der Waals surface area (Å²) in [5.74, 6) is -0.972. The number of carboxylic acid groups (broad SMARTS) is 1. The lowest BCUT2D eigenvalue weighted by atomic mass is 9.97. The molecule has 2 amide bonds. The van der Waals surface area contributed by atoms with Crippen LogP contribution in [-0.2, 0) is 19.4 Å². The third-order valence-electron chi connectivity index (χ3n) is 4.19. The second-order valence-electron chi connectivity index (χ2n) is 5.77. The number of pyridine rings is 1. The number of aromatic carboxylic acids is 1. The number of benzene rings is 1. The van der Waals surface area contributed by atoms with Gasteiger partial charge in [-0.25, -0.2) is 9.59 Å². The molecule has 1 aromatic carbocycles. The Morgan fingerprint density at radius 3 is 2.75 bits per heavy atom. The summed E-state index contributed by atoms with van der Waals surface area (Å²) in [7, 11) is 0. The van der Waals surface area contributed by atoms with Crippen LogP contribution in [0.1, 0.15) is 27.0 Å². The molecule has 3 rings (SSSR count). The topological polar surface area (TPSA) is 82.5 Å². The molecule has 1 aliphatic heterocycles. The molecule has 0 unspecified atom stereocenters. The van der Waals surface area contributed by atoms with Gasteiger partial charge in [0, 0.05) is 32.0 Å². The summed E-state index contributed by atoms with van der Waals surface area (Å²) in [6.45, 7) is 1.47. The fraction of sp³-hybridized carbons (Fsp3) is 0.278. The largest absolute Gasteiger partial charge is 0.478 e. The smallest absolute Gasteiger partial charge is 0.337 e. The number of amides is 2. The minimum Gasteiger partial charge on any atom is -0.478 e. The van der Waals surface area contributed by atoms with Crippen molar-refractivity contribution in [2.45, 2.75) is 19.4 Å². The molecule has 0 aliphatic carbocycles. The Kier molecular flexibility index (Phi) is 4.74. The van der Waals surface area contributed by atoms with E-state index in [2.05, 4.69) is 10.3 Å². The average Bonchev–Trinajstić information content (AvgIpc) is 2.61. The first-order chi connectivity index (χ1) is 11.6. The maximum Gasteiger partial charge on any atom is 0.337 e. The van der Waals surface area contributed by atoms with Crippen LogP contribution < -0.4 is 5.32 Å². The van der Waals surface area contributed by atoms with Crippen LogP contribution in [0.4, 0.5) is 4.79 Å². The molecule has 0 fully saturated rings. The first kappa shape index (κ1) is 16.0. The highest BCUT2D eigenvalue weighted by Crippen LogP contribution is 2.21. The van der Waals surface area contributed by atoms with Crippen molar-refractivity contribution in [3.05, 3.63) is 65.0 Å². The molecule has 124 valence electrons. The van der Waals surface area contributed by atoms with Crippen molar-refractivity contribution in [1.29, 1.82) is 0 Å². The molecule has 0 bridgehead atoms. The molecule has 0 atom stereocenters. The molecular formula is C18H19N3O3. The molecule has 2 aromatic rings. The van der Waals surface area contributed by atoms with Gasteiger partial charge in [-0.2, -0.15) is 0 Å². The molecule has 0 saturated carbocycles. The van der Waals surface area contributed by atoms with Gasteiger partial charge in [0.25, 0.3) is 0 Å². The highest BCUT2D eigenvalue weighted by Gasteiger charge is 2.24. The third-order valence-corrected chi connectivity index (χ3v) is 4.19. The van der Waals surface area contributed by atoms with Gasteiger partial charge in [0.2, 0.25) is 0 Å². The predicted octanol–water partition coefficient (Wildman–Crippen LogP) is 2.09. The predicted molar refractivity (Wildman–Crippen MR) is 88.9 cm³/mol. The van der Waals surface area contributed by atoms with E-state index in [1.165, 1.54) is 11.8 Å². The Morgan fingerprint density at radius 2 is 2.00 bits per heavy atom. The molecule has 2 heterocycles. The SMILES string of the molecule is O=C(O)c1cncc2c1CCN(C(=O)NCCc1ccccc1)C2. The van der Waals surface area contributed by atoms with E-state index in [9.17, 15) is 14.7 Å². The number of urea groups is 1. The molecule has 0 spiro atoms. The van der Waals surface area contributed by atoms with Gasteiger partial charge < -0.3 is 15.3 Å². The number of carbonyl (C=O) groups is 2. The Hall–Kier alpha value is -2.89. The number of nitrogens with one attached hydrogen (secondary N) is 1. The standard InChI is InChI=1S/C18H19N3O3/c22-17(23)16-11-19-10-14-12-21(9-7-15(14)16)18(24)20-8-6-13-4-2-1-3-5-13/h1-5,10-11H,6-9,12H2,(H,20,24)(H,22,23). The summed E-state index contributed by atoms with van der Waals surface area (Å²) in [4.78, 5) is 29.2. The van der Waals surface area contributed by atoms with Crippen LogP contribution in [0.2, 0.25) is 0 Å². The first-order valence-electron chi connectivity index (χ1n) is 7.91. The van der Waals surface area contributed by atoms with Gasteiger partial charge in [0.05, 0.1) is 5.56 Å². The summed E-state index contributed by atoms with van der Waals surface area (Å²) < 4.78 is 0. The second-order valence-corrected chi connectivity index (χ2v) is 5.77. The summed E-state index contributed by atoms with van der Waals surface area (Å²) in [6, 6.07) is 9.85. The van der Waals surface area contributed by atoms with Crippen molar-refractivity contribution < 1.29 is 14.7 Å². The van der Waals surface area contributed by atoms with E-state index in [4.69, 9.17) is 0 Å². The van der Waals surface area contributed by atoms with E-state index < -0.39 is 5.97 Å². The number of nitrogens with zero attached hydrogens (tertiary/aromatic N) is 2. The number of hydrogen-bond donors (Lipinski definition) is 2. The van der Waals surface area contributed by atoms with Crippen molar-refractivity contribution in [3.63, 3.8) is 0 Å². The summed E-state index contributed by atoms with van der Waals surface area (Å²) in [6.07, 6.45) is 4.33. The Bertz CT molecular complexity index is 746. The Balaban J connectivity index is 1.58. The van der Waals surface area contributed by atoms with Gasteiger partial charge >= 0.3 is 12.0 Å². The third kappa shape index (κ3) is 3.53. The zero-order chi connectivity index (χ0) is 16.9. The lowest BCUT2D eigenvalue weighted by Gasteiger charge is -2.29. The zero-order valence-electron chi connectivity index (χ0n) is 13.2. The molecule has 24 heavy (non-hydrogen) atoms. The van der Waals surface area contributed by atoms with Crippen LogP contribution >= 0.6 is 0 Å². The molecule has 6 nitrogen and oxygen atoms in total. The van der Waals surface area contributed by atoms with Crippen LogP contribution in [0, 0.1) is 0 Å². The van der Waals surface area contributed by atoms with Crippen molar-refractivity contribution in [1.82, 2.24) is 15.2 Å². The molecule has 1 aromatic heterocycles. The van der Waals surface area contributed by atoms with E-state index >= 15 is 0 Å². The monoisotopic (exact) mass is 325 g/mol. The molecule has 6 heteroatoms. The van der Waals surface area contributed by atoms with Crippen LogP contribution in [-0.4, -0.2) is 40.1 Å². The van der Waals surface area contributed by atoms with E-state index in [1.54, 1.807) is 11.1 Å². The fourth-order valence-corrected chi connectivity index (χ4v) is 2.92. The van der Waals surface area contributed by atoms with Crippen LogP contribution in [0.15, 0.2) is 42.7 Å². The number of rotatable bonds is 4. The van der Waals surface area contributed by atoms with Gasteiger partial charge in [0.15, 0.2) is 0 Å². The van der Waals surface area contributed by atoms with Crippen molar-refractivity contribution >= 4 is 12.0 Å². The van der Waals surface area contributed by atoms with Gasteiger partial charge in [-0.15, -0.1) is 0 Å². The quantitative estimate of drug-likeness (QED) is 0.902. The number of aromatic nitrogens is 1. The highest BCUT2D eigenvalue weighted by atomic mass is 16.4. The second kappa shape index (κ2) is 7.12. The first-order valence-corrected chi connectivity index (χ1v) is 7.91. The fourth-order valence-electron chi connectivity index (χ4n) is 2.92. The highest BCUT2D eigenvalue weighted by molar-refractivity contribution is 5.89. The molecule has 0 saturated heterocycles. The van der Waals surface area contributed by atoms with Crippen molar-refractivity contribution in [2.75, 3.05) is 13.1 Å². The van der Waals surface area contributed by atoms with E-state index in [-0.39, 0.29) is 11.6 Å². The lowest BCUT2D eigenvalue weighted by molar-refractivity contribution is 0.0694. The lowest BCUT2D eigenvalue weighted by Crippen LogP contribution is -2.43. The van der Waals surface area contributed by atoms with Crippen LogP contribution in [0.25, 0.3) is 0 Å². The average molecular weight is 325 g/mol. The number of hydrogen-bond acceptors (Lipinski definition) is 3. The number of carboxylic acids is 1. The summed E-state index contributed by atoms with van der Waals surface area (Å²) in [5, 5.41) is 12.1. The number of carbonyl (C=O) groups excluding carboxylic acids is 1. The van der Waals surface area contributed by atoms with Gasteiger partial charge in [0.1, 0.15) is 0 Å². The Morgan fingerprint density at radius 1 is 1.21 bits per heavy atom.